The van der Waals surface area contributed by atoms with Crippen LogP contribution in [0.3, 0.4) is 0 Å². The maximum absolute atomic E-state index is 5.61. The van der Waals surface area contributed by atoms with Crippen LogP contribution in [0.2, 0.25) is 0 Å². The number of rotatable bonds is 2. The van der Waals surface area contributed by atoms with Gasteiger partial charge in [0.1, 0.15) is 25.4 Å². The molecule has 5 nitrogen and oxygen atoms in total. The Hall–Kier alpha value is -2.09. The second-order valence-corrected chi connectivity index (χ2v) is 6.11. The molecule has 0 unspecified atom stereocenters. The molecule has 4 rings (SSSR count). The number of hydrogen-bond acceptors (Lipinski definition) is 5. The maximum Gasteiger partial charge on any atom is 0.163 e. The molecule has 0 aliphatic carbocycles. The highest BCUT2D eigenvalue weighted by atomic mass is 127. The third-order valence-corrected chi connectivity index (χ3v) is 4.07. The topological polar surface area (TPSA) is 56.3 Å². The number of halogens is 1. The van der Waals surface area contributed by atoms with Crippen LogP contribution in [0.1, 0.15) is 0 Å². The zero-order valence-electron chi connectivity index (χ0n) is 11.5. The number of fused-ring (bicyclic) bond motifs is 2. The van der Waals surface area contributed by atoms with Crippen LogP contribution in [-0.4, -0.2) is 23.2 Å². The smallest absolute Gasteiger partial charge is 0.163 e. The Bertz CT molecular complexity index is 854. The van der Waals surface area contributed by atoms with Crippen molar-refractivity contribution in [3.05, 3.63) is 46.3 Å². The van der Waals surface area contributed by atoms with Gasteiger partial charge in [0.15, 0.2) is 11.5 Å². The van der Waals surface area contributed by atoms with Crippen molar-refractivity contribution in [2.24, 2.45) is 0 Å². The highest BCUT2D eigenvalue weighted by molar-refractivity contribution is 14.1. The third kappa shape index (κ3) is 2.54. The number of anilines is 2. The van der Waals surface area contributed by atoms with Gasteiger partial charge in [0.05, 0.1) is 5.52 Å². The van der Waals surface area contributed by atoms with E-state index in [4.69, 9.17) is 9.47 Å². The molecule has 2 heterocycles. The van der Waals surface area contributed by atoms with Gasteiger partial charge in [-0.05, 0) is 52.9 Å². The second kappa shape index (κ2) is 5.60. The van der Waals surface area contributed by atoms with Crippen molar-refractivity contribution in [3.8, 4) is 11.5 Å². The van der Waals surface area contributed by atoms with Crippen LogP contribution in [0.4, 0.5) is 11.5 Å². The van der Waals surface area contributed by atoms with E-state index >= 15 is 0 Å². The van der Waals surface area contributed by atoms with Gasteiger partial charge in [0.2, 0.25) is 0 Å². The fourth-order valence-corrected chi connectivity index (χ4v) is 2.88. The Morgan fingerprint density at radius 1 is 0.955 bits per heavy atom. The first-order valence-corrected chi connectivity index (χ1v) is 7.94. The lowest BCUT2D eigenvalue weighted by Crippen LogP contribution is -2.15. The molecule has 0 amide bonds. The molecular weight excluding hydrogens is 393 g/mol. The molecule has 6 heteroatoms. The summed E-state index contributed by atoms with van der Waals surface area (Å²) in [6, 6.07) is 11.9. The lowest BCUT2D eigenvalue weighted by Gasteiger charge is -2.19. The van der Waals surface area contributed by atoms with Crippen LogP contribution in [0.15, 0.2) is 42.7 Å². The Balaban J connectivity index is 1.73. The van der Waals surface area contributed by atoms with E-state index in [1.165, 1.54) is 0 Å². The van der Waals surface area contributed by atoms with E-state index in [-0.39, 0.29) is 0 Å². The van der Waals surface area contributed by atoms with E-state index in [0.29, 0.717) is 13.2 Å². The number of aromatic nitrogens is 2. The number of benzene rings is 2. The Morgan fingerprint density at radius 2 is 1.82 bits per heavy atom. The first-order valence-electron chi connectivity index (χ1n) is 6.86. The fraction of sp³-hybridized carbons (Fsp3) is 0.125. The van der Waals surface area contributed by atoms with Gasteiger partial charge in [0, 0.05) is 20.7 Å². The minimum absolute atomic E-state index is 0.574. The second-order valence-electron chi connectivity index (χ2n) is 4.87. The van der Waals surface area contributed by atoms with Crippen molar-refractivity contribution >= 4 is 45.0 Å². The minimum atomic E-state index is 0.574. The van der Waals surface area contributed by atoms with Crippen LogP contribution < -0.4 is 14.8 Å². The predicted molar refractivity (Wildman–Crippen MR) is 93.0 cm³/mol. The fourth-order valence-electron chi connectivity index (χ4n) is 2.39. The van der Waals surface area contributed by atoms with Gasteiger partial charge >= 0.3 is 0 Å². The molecule has 3 aromatic rings. The zero-order chi connectivity index (χ0) is 14.9. The molecule has 2 aromatic carbocycles. The molecule has 0 saturated heterocycles. The van der Waals surface area contributed by atoms with Crippen molar-refractivity contribution in [2.45, 2.75) is 0 Å². The summed E-state index contributed by atoms with van der Waals surface area (Å²) in [7, 11) is 0. The molecule has 1 aliphatic heterocycles. The molecule has 1 aliphatic rings. The lowest BCUT2D eigenvalue weighted by atomic mass is 10.2. The normalized spacial score (nSPS) is 13.1. The van der Waals surface area contributed by atoms with E-state index in [0.717, 1.165) is 37.5 Å². The largest absolute Gasteiger partial charge is 0.486 e. The maximum atomic E-state index is 5.61. The molecule has 1 aromatic heterocycles. The number of hydrogen-bond donors (Lipinski definition) is 1. The monoisotopic (exact) mass is 405 g/mol. The van der Waals surface area contributed by atoms with E-state index in [1.54, 1.807) is 6.33 Å². The van der Waals surface area contributed by atoms with Crippen LogP contribution in [0.25, 0.3) is 10.9 Å². The average Bonchev–Trinajstić information content (AvgIpc) is 2.55. The molecule has 0 spiro atoms. The molecule has 0 saturated carbocycles. The Kier molecular flexibility index (Phi) is 3.45. The molecule has 110 valence electrons. The average molecular weight is 405 g/mol. The highest BCUT2D eigenvalue weighted by Crippen LogP contribution is 2.34. The standard InChI is InChI=1S/C16H12IN3O2/c17-10-1-3-13-12(7-10)16(19-9-18-13)20-11-2-4-14-15(8-11)22-6-5-21-14/h1-4,7-9H,5-6H2,(H,18,19,20). The van der Waals surface area contributed by atoms with E-state index in [2.05, 4.69) is 43.9 Å². The quantitative estimate of drug-likeness (QED) is 0.659. The lowest BCUT2D eigenvalue weighted by molar-refractivity contribution is 0.171. The van der Waals surface area contributed by atoms with Gasteiger partial charge in [-0.15, -0.1) is 0 Å². The SMILES string of the molecule is Ic1ccc2ncnc(Nc3ccc4c(c3)OCCO4)c2c1. The van der Waals surface area contributed by atoms with Crippen LogP contribution in [0, 0.1) is 3.57 Å². The van der Waals surface area contributed by atoms with Crippen LogP contribution >= 0.6 is 22.6 Å². The highest BCUT2D eigenvalue weighted by Gasteiger charge is 2.12. The van der Waals surface area contributed by atoms with Gasteiger partial charge < -0.3 is 14.8 Å². The van der Waals surface area contributed by atoms with Gasteiger partial charge in [-0.3, -0.25) is 0 Å². The van der Waals surface area contributed by atoms with Gasteiger partial charge in [-0.25, -0.2) is 9.97 Å². The summed E-state index contributed by atoms with van der Waals surface area (Å²) in [6.07, 6.45) is 1.57. The van der Waals surface area contributed by atoms with Gasteiger partial charge in [-0.2, -0.15) is 0 Å². The van der Waals surface area contributed by atoms with Crippen molar-refractivity contribution in [3.63, 3.8) is 0 Å². The zero-order valence-corrected chi connectivity index (χ0v) is 13.7. The summed E-state index contributed by atoms with van der Waals surface area (Å²) in [4.78, 5) is 8.65. The van der Waals surface area contributed by atoms with Gasteiger partial charge in [0.25, 0.3) is 0 Å². The molecule has 0 bridgehead atoms. The van der Waals surface area contributed by atoms with Crippen molar-refractivity contribution < 1.29 is 9.47 Å². The summed E-state index contributed by atoms with van der Waals surface area (Å²) in [6.45, 7) is 1.17. The van der Waals surface area contributed by atoms with Crippen LogP contribution in [-0.2, 0) is 0 Å². The summed E-state index contributed by atoms with van der Waals surface area (Å²) in [5.41, 5.74) is 1.82. The molecule has 1 N–H and O–H groups in total. The molecule has 22 heavy (non-hydrogen) atoms. The minimum Gasteiger partial charge on any atom is -0.486 e. The Morgan fingerprint density at radius 3 is 2.73 bits per heavy atom. The van der Waals surface area contributed by atoms with Crippen molar-refractivity contribution in [2.75, 3.05) is 18.5 Å². The first kappa shape index (κ1) is 13.6. The third-order valence-electron chi connectivity index (χ3n) is 3.40. The summed E-state index contributed by atoms with van der Waals surface area (Å²) in [5, 5.41) is 4.32. The van der Waals surface area contributed by atoms with E-state index in [9.17, 15) is 0 Å². The van der Waals surface area contributed by atoms with Crippen molar-refractivity contribution in [1.29, 1.82) is 0 Å². The summed E-state index contributed by atoms with van der Waals surface area (Å²) >= 11 is 2.28. The number of nitrogens with zero attached hydrogens (tertiary/aromatic N) is 2. The molecule has 0 fully saturated rings. The van der Waals surface area contributed by atoms with Crippen LogP contribution in [0.5, 0.6) is 11.5 Å². The van der Waals surface area contributed by atoms with Gasteiger partial charge in [-0.1, -0.05) is 0 Å². The number of nitrogens with one attached hydrogen (secondary N) is 1. The molecular formula is C16H12IN3O2. The molecule has 0 radical (unpaired) electrons. The van der Waals surface area contributed by atoms with E-state index < -0.39 is 0 Å². The Labute approximate surface area is 140 Å². The number of ether oxygens (including phenoxy) is 2. The molecule has 0 atom stereocenters. The first-order chi connectivity index (χ1) is 10.8. The van der Waals surface area contributed by atoms with Crippen molar-refractivity contribution in [1.82, 2.24) is 9.97 Å². The van der Waals surface area contributed by atoms with E-state index in [1.807, 2.05) is 30.3 Å². The summed E-state index contributed by atoms with van der Waals surface area (Å²) in [5.74, 6) is 2.31. The summed E-state index contributed by atoms with van der Waals surface area (Å²) < 4.78 is 12.3. The predicted octanol–water partition coefficient (Wildman–Crippen LogP) is 3.75.